The molecule has 0 aromatic heterocycles. The summed E-state index contributed by atoms with van der Waals surface area (Å²) in [4.78, 5) is 20.8. The SMILES string of the molecule is Cc1cccc(Nc2c([N+](=O)[O-])cc(C(=O)O)cc2S(N)(=O)=O)c1. The minimum Gasteiger partial charge on any atom is -0.478 e. The van der Waals surface area contributed by atoms with Crippen LogP contribution in [0.3, 0.4) is 0 Å². The predicted octanol–water partition coefficient (Wildman–Crippen LogP) is 1.99. The molecule has 2 aromatic rings. The number of aromatic carboxylic acids is 1. The number of nitrogens with one attached hydrogen (secondary N) is 1. The summed E-state index contributed by atoms with van der Waals surface area (Å²) in [5.74, 6) is -1.51. The highest BCUT2D eigenvalue weighted by Gasteiger charge is 2.27. The zero-order chi connectivity index (χ0) is 18.1. The molecule has 126 valence electrons. The predicted molar refractivity (Wildman–Crippen MR) is 85.9 cm³/mol. The first-order valence-corrected chi connectivity index (χ1v) is 8.06. The second-order valence-electron chi connectivity index (χ2n) is 4.97. The van der Waals surface area contributed by atoms with Gasteiger partial charge in [-0.3, -0.25) is 10.1 Å². The summed E-state index contributed by atoms with van der Waals surface area (Å²) < 4.78 is 23.6. The number of carbonyl (C=O) groups is 1. The molecule has 0 bridgehead atoms. The summed E-state index contributed by atoms with van der Waals surface area (Å²) >= 11 is 0. The first-order chi connectivity index (χ1) is 11.1. The average Bonchev–Trinajstić information content (AvgIpc) is 2.45. The average molecular weight is 351 g/mol. The van der Waals surface area contributed by atoms with Crippen LogP contribution in [0.5, 0.6) is 0 Å². The van der Waals surface area contributed by atoms with Crippen molar-refractivity contribution in [2.45, 2.75) is 11.8 Å². The number of nitrogens with two attached hydrogens (primary N) is 1. The van der Waals surface area contributed by atoms with Crippen molar-refractivity contribution >= 4 is 33.1 Å². The van der Waals surface area contributed by atoms with E-state index in [2.05, 4.69) is 5.32 Å². The Kier molecular flexibility index (Phi) is 4.53. The van der Waals surface area contributed by atoms with Gasteiger partial charge in [0.05, 0.1) is 10.5 Å². The highest BCUT2D eigenvalue weighted by molar-refractivity contribution is 7.89. The lowest BCUT2D eigenvalue weighted by Crippen LogP contribution is -2.16. The molecule has 24 heavy (non-hydrogen) atoms. The van der Waals surface area contributed by atoms with Gasteiger partial charge in [0.1, 0.15) is 10.6 Å². The molecule has 0 spiro atoms. The zero-order valence-corrected chi connectivity index (χ0v) is 13.2. The number of nitro groups is 1. The Morgan fingerprint density at radius 1 is 1.29 bits per heavy atom. The summed E-state index contributed by atoms with van der Waals surface area (Å²) in [6, 6.07) is 8.23. The number of primary sulfonamides is 1. The number of nitrogens with zero attached hydrogens (tertiary/aromatic N) is 1. The summed E-state index contributed by atoms with van der Waals surface area (Å²) in [5, 5.41) is 28.0. The van der Waals surface area contributed by atoms with Crippen LogP contribution in [-0.4, -0.2) is 24.4 Å². The van der Waals surface area contributed by atoms with Crippen LogP contribution >= 0.6 is 0 Å². The maximum atomic E-state index is 11.8. The number of anilines is 2. The third-order valence-corrected chi connectivity index (χ3v) is 4.05. The molecule has 0 amide bonds. The Labute approximate surface area is 136 Å². The van der Waals surface area contributed by atoms with Crippen LogP contribution in [-0.2, 0) is 10.0 Å². The van der Waals surface area contributed by atoms with Crippen molar-refractivity contribution in [3.63, 3.8) is 0 Å². The lowest BCUT2D eigenvalue weighted by Gasteiger charge is -2.12. The number of sulfonamides is 1. The molecule has 0 heterocycles. The molecule has 2 aromatic carbocycles. The van der Waals surface area contributed by atoms with E-state index in [1.165, 1.54) is 0 Å². The van der Waals surface area contributed by atoms with E-state index in [0.717, 1.165) is 17.7 Å². The third-order valence-electron chi connectivity index (χ3n) is 3.12. The van der Waals surface area contributed by atoms with Crippen LogP contribution in [0.1, 0.15) is 15.9 Å². The van der Waals surface area contributed by atoms with Gasteiger partial charge in [0.2, 0.25) is 10.0 Å². The van der Waals surface area contributed by atoms with Gasteiger partial charge in [-0.05, 0) is 30.7 Å². The Bertz CT molecular complexity index is 940. The lowest BCUT2D eigenvalue weighted by atomic mass is 10.1. The summed E-state index contributed by atoms with van der Waals surface area (Å²) in [7, 11) is -4.41. The van der Waals surface area contributed by atoms with Gasteiger partial charge in [0, 0.05) is 11.8 Å². The molecule has 2 rings (SSSR count). The highest BCUT2D eigenvalue weighted by Crippen LogP contribution is 2.35. The Morgan fingerprint density at radius 3 is 2.46 bits per heavy atom. The molecular weight excluding hydrogens is 338 g/mol. The van der Waals surface area contributed by atoms with E-state index in [1.54, 1.807) is 31.2 Å². The summed E-state index contributed by atoms with van der Waals surface area (Å²) in [5.41, 5.74) is -0.424. The molecule has 0 fully saturated rings. The fourth-order valence-electron chi connectivity index (χ4n) is 2.09. The van der Waals surface area contributed by atoms with E-state index in [1.807, 2.05) is 0 Å². The van der Waals surface area contributed by atoms with Gasteiger partial charge in [0.15, 0.2) is 0 Å². The van der Waals surface area contributed by atoms with E-state index in [-0.39, 0.29) is 0 Å². The largest absolute Gasteiger partial charge is 0.478 e. The van der Waals surface area contributed by atoms with Crippen LogP contribution in [0.2, 0.25) is 0 Å². The first kappa shape index (κ1) is 17.4. The molecule has 0 saturated heterocycles. The standard InChI is InChI=1S/C14H13N3O6S/c1-8-3-2-4-10(5-8)16-13-11(17(20)21)6-9(14(18)19)7-12(13)24(15,22)23/h2-7,16H,1H3,(H,18,19)(H2,15,22,23). The molecule has 9 nitrogen and oxygen atoms in total. The van der Waals surface area contributed by atoms with Crippen LogP contribution in [0.25, 0.3) is 0 Å². The van der Waals surface area contributed by atoms with E-state index < -0.39 is 42.7 Å². The molecule has 0 saturated carbocycles. The van der Waals surface area contributed by atoms with Crippen molar-refractivity contribution in [2.24, 2.45) is 5.14 Å². The van der Waals surface area contributed by atoms with Crippen molar-refractivity contribution in [2.75, 3.05) is 5.32 Å². The number of nitro benzene ring substituents is 1. The third kappa shape index (κ3) is 3.67. The monoisotopic (exact) mass is 351 g/mol. The first-order valence-electron chi connectivity index (χ1n) is 6.52. The molecule has 0 aliphatic heterocycles. The fourth-order valence-corrected chi connectivity index (χ4v) is 2.82. The van der Waals surface area contributed by atoms with Crippen LogP contribution in [0.4, 0.5) is 17.1 Å². The van der Waals surface area contributed by atoms with Gasteiger partial charge in [-0.2, -0.15) is 0 Å². The van der Waals surface area contributed by atoms with E-state index in [4.69, 9.17) is 10.2 Å². The Balaban J connectivity index is 2.76. The maximum Gasteiger partial charge on any atom is 0.335 e. The topological polar surface area (TPSA) is 153 Å². The highest BCUT2D eigenvalue weighted by atomic mass is 32.2. The molecular formula is C14H13N3O6S. The fraction of sp³-hybridized carbons (Fsp3) is 0.0714. The second kappa shape index (κ2) is 6.26. The molecule has 0 aliphatic rings. The van der Waals surface area contributed by atoms with Crippen molar-refractivity contribution < 1.29 is 23.2 Å². The zero-order valence-electron chi connectivity index (χ0n) is 12.4. The molecule has 0 radical (unpaired) electrons. The molecule has 10 heteroatoms. The van der Waals surface area contributed by atoms with E-state index in [9.17, 15) is 23.3 Å². The van der Waals surface area contributed by atoms with E-state index >= 15 is 0 Å². The minimum atomic E-state index is -4.41. The number of carboxylic acids is 1. The van der Waals surface area contributed by atoms with Crippen molar-refractivity contribution in [1.29, 1.82) is 0 Å². The lowest BCUT2D eigenvalue weighted by molar-refractivity contribution is -0.384. The maximum absolute atomic E-state index is 11.8. The summed E-state index contributed by atoms with van der Waals surface area (Å²) in [6.07, 6.45) is 0. The van der Waals surface area contributed by atoms with Crippen LogP contribution in [0, 0.1) is 17.0 Å². The number of aryl methyl sites for hydroxylation is 1. The smallest absolute Gasteiger partial charge is 0.335 e. The summed E-state index contributed by atoms with van der Waals surface area (Å²) in [6.45, 7) is 1.79. The Hall–Kier alpha value is -2.98. The number of benzene rings is 2. The second-order valence-corrected chi connectivity index (χ2v) is 6.50. The van der Waals surface area contributed by atoms with Gasteiger partial charge in [-0.25, -0.2) is 18.4 Å². The normalized spacial score (nSPS) is 11.1. The molecule has 0 aliphatic carbocycles. The van der Waals surface area contributed by atoms with Gasteiger partial charge < -0.3 is 10.4 Å². The number of carboxylic acid groups (broad SMARTS) is 1. The number of rotatable bonds is 5. The van der Waals surface area contributed by atoms with Crippen LogP contribution in [0.15, 0.2) is 41.3 Å². The van der Waals surface area contributed by atoms with Gasteiger partial charge in [-0.15, -0.1) is 0 Å². The number of hydrogen-bond donors (Lipinski definition) is 3. The Morgan fingerprint density at radius 2 is 1.96 bits per heavy atom. The minimum absolute atomic E-state index is 0.391. The van der Waals surface area contributed by atoms with Gasteiger partial charge >= 0.3 is 5.97 Å². The van der Waals surface area contributed by atoms with Crippen molar-refractivity contribution in [3.05, 3.63) is 57.6 Å². The van der Waals surface area contributed by atoms with Crippen molar-refractivity contribution in [1.82, 2.24) is 0 Å². The van der Waals surface area contributed by atoms with Gasteiger partial charge in [0.25, 0.3) is 5.69 Å². The van der Waals surface area contributed by atoms with Crippen molar-refractivity contribution in [3.8, 4) is 0 Å². The quantitative estimate of drug-likeness (QED) is 0.550. The van der Waals surface area contributed by atoms with Gasteiger partial charge in [-0.1, -0.05) is 12.1 Å². The number of hydrogen-bond acceptors (Lipinski definition) is 6. The molecule has 4 N–H and O–H groups in total. The molecule has 0 atom stereocenters. The molecule has 0 unspecified atom stereocenters. The van der Waals surface area contributed by atoms with E-state index in [0.29, 0.717) is 5.69 Å². The van der Waals surface area contributed by atoms with Crippen LogP contribution < -0.4 is 10.5 Å².